The second-order valence-corrected chi connectivity index (χ2v) is 13.5. The van der Waals surface area contributed by atoms with Crippen LogP contribution in [-0.4, -0.2) is 59.5 Å². The molecule has 2 aliphatic heterocycles. The molecule has 0 bridgehead atoms. The molecule has 0 radical (unpaired) electrons. The zero-order chi connectivity index (χ0) is 33.0. The van der Waals surface area contributed by atoms with E-state index in [4.69, 9.17) is 27.2 Å². The van der Waals surface area contributed by atoms with Gasteiger partial charge in [0.25, 0.3) is 0 Å². The van der Waals surface area contributed by atoms with E-state index < -0.39 is 0 Å². The smallest absolute Gasteiger partial charge is 0.209 e. The minimum absolute atomic E-state index is 0.280. The van der Waals surface area contributed by atoms with E-state index in [0.29, 0.717) is 6.04 Å². The second-order valence-electron chi connectivity index (χ2n) is 11.9. The molecule has 3 aliphatic rings. The molecule has 46 heavy (non-hydrogen) atoms. The number of rotatable bonds is 7. The van der Waals surface area contributed by atoms with E-state index >= 15 is 0 Å². The molecule has 8 heteroatoms. The Hall–Kier alpha value is -2.71. The number of nitrogens with zero attached hydrogens (tertiary/aromatic N) is 2. The summed E-state index contributed by atoms with van der Waals surface area (Å²) in [6.07, 6.45) is 13.8. The summed E-state index contributed by atoms with van der Waals surface area (Å²) in [6.45, 7) is 9.03. The number of ether oxygens (including phenoxy) is 1. The van der Waals surface area contributed by atoms with Crippen molar-refractivity contribution in [2.45, 2.75) is 89.0 Å². The summed E-state index contributed by atoms with van der Waals surface area (Å²) < 4.78 is 8.46. The van der Waals surface area contributed by atoms with E-state index in [1.165, 1.54) is 69.4 Å². The van der Waals surface area contributed by atoms with Gasteiger partial charge in [0.1, 0.15) is 11.5 Å². The van der Waals surface area contributed by atoms with Crippen molar-refractivity contribution < 1.29 is 14.6 Å². The van der Waals surface area contributed by atoms with Gasteiger partial charge in [-0.15, -0.1) is 0 Å². The number of hydrogen-bond acceptors (Lipinski definition) is 6. The number of halogens is 1. The highest BCUT2D eigenvalue weighted by atomic mass is 35.5. The van der Waals surface area contributed by atoms with Crippen molar-refractivity contribution in [3.05, 3.63) is 77.8 Å². The molecule has 6 rings (SSSR count). The minimum Gasteiger partial charge on any atom is -0.508 e. The van der Waals surface area contributed by atoms with Crippen molar-refractivity contribution >= 4 is 30.0 Å². The first-order valence-electron chi connectivity index (χ1n) is 17.1. The highest BCUT2D eigenvalue weighted by molar-refractivity contribution is 7.97. The number of phenolic OH excluding ortho intramolecular Hbond substituents is 1. The van der Waals surface area contributed by atoms with Crippen LogP contribution < -0.4 is 10.5 Å². The van der Waals surface area contributed by atoms with Crippen molar-refractivity contribution in [3.8, 4) is 22.6 Å². The van der Waals surface area contributed by atoms with Crippen LogP contribution in [0.3, 0.4) is 0 Å². The molecule has 1 amide bonds. The van der Waals surface area contributed by atoms with Crippen LogP contribution in [0.15, 0.2) is 77.7 Å². The predicted molar refractivity (Wildman–Crippen MR) is 195 cm³/mol. The Morgan fingerprint density at radius 1 is 0.783 bits per heavy atom. The zero-order valence-corrected chi connectivity index (χ0v) is 29.4. The van der Waals surface area contributed by atoms with E-state index in [9.17, 15) is 4.79 Å². The number of benzene rings is 3. The molecule has 6 nitrogen and oxygen atoms in total. The van der Waals surface area contributed by atoms with Gasteiger partial charge in [-0.2, -0.15) is 0 Å². The lowest BCUT2D eigenvalue weighted by Gasteiger charge is -2.26. The van der Waals surface area contributed by atoms with Crippen molar-refractivity contribution in [3.63, 3.8) is 0 Å². The van der Waals surface area contributed by atoms with Crippen LogP contribution in [0.5, 0.6) is 11.5 Å². The first-order valence-corrected chi connectivity index (χ1v) is 18.3. The highest BCUT2D eigenvalue weighted by Gasteiger charge is 2.15. The lowest BCUT2D eigenvalue weighted by Crippen LogP contribution is -2.38. The molecule has 2 heterocycles. The van der Waals surface area contributed by atoms with Crippen LogP contribution in [0.1, 0.15) is 78.1 Å². The fraction of sp³-hybridized carbons (Fsp3) is 0.500. The molecular weight excluding hydrogens is 614 g/mol. The van der Waals surface area contributed by atoms with Gasteiger partial charge < -0.3 is 20.5 Å². The monoisotopic (exact) mass is 667 g/mol. The molecule has 0 aromatic heterocycles. The molecule has 2 saturated heterocycles. The number of aromatic hydroxyl groups is 1. The zero-order valence-electron chi connectivity index (χ0n) is 27.8. The summed E-state index contributed by atoms with van der Waals surface area (Å²) in [5.74, 6) is 2.09. The van der Waals surface area contributed by atoms with Gasteiger partial charge in [0, 0.05) is 42.1 Å². The highest BCUT2D eigenvalue weighted by Crippen LogP contribution is 2.29. The number of amides is 1. The number of nitrogens with two attached hydrogens (primary N) is 1. The Labute approximate surface area is 286 Å². The molecule has 3 N–H and O–H groups in total. The summed E-state index contributed by atoms with van der Waals surface area (Å²) in [7, 11) is 0. The van der Waals surface area contributed by atoms with Crippen LogP contribution >= 0.6 is 23.5 Å². The van der Waals surface area contributed by atoms with Crippen LogP contribution in [0.25, 0.3) is 11.1 Å². The molecule has 1 saturated carbocycles. The normalized spacial score (nSPS) is 17.3. The summed E-state index contributed by atoms with van der Waals surface area (Å²) in [4.78, 5) is 13.3. The van der Waals surface area contributed by atoms with Gasteiger partial charge in [-0.3, -0.25) is 4.79 Å². The third-order valence-corrected chi connectivity index (χ3v) is 9.71. The van der Waals surface area contributed by atoms with E-state index in [1.54, 1.807) is 17.0 Å². The summed E-state index contributed by atoms with van der Waals surface area (Å²) in [6, 6.07) is 23.7. The van der Waals surface area contributed by atoms with Gasteiger partial charge in [-0.05, 0) is 116 Å². The molecule has 0 spiro atoms. The molecule has 252 valence electrons. The van der Waals surface area contributed by atoms with E-state index in [1.807, 2.05) is 62.2 Å². The summed E-state index contributed by atoms with van der Waals surface area (Å²) in [5, 5.41) is 9.86. The molecule has 1 aliphatic carbocycles. The molecule has 0 atom stereocenters. The average molecular weight is 668 g/mol. The fourth-order valence-electron chi connectivity index (χ4n) is 5.59. The van der Waals surface area contributed by atoms with Gasteiger partial charge in [0.15, 0.2) is 0 Å². The maximum Gasteiger partial charge on any atom is 0.209 e. The number of hydrogen-bond donors (Lipinski definition) is 2. The summed E-state index contributed by atoms with van der Waals surface area (Å²) >= 11 is 7.68. The van der Waals surface area contributed by atoms with Gasteiger partial charge in [-0.25, -0.2) is 4.31 Å². The predicted octanol–water partition coefficient (Wildman–Crippen LogP) is 9.44. The Morgan fingerprint density at radius 2 is 1.33 bits per heavy atom. The van der Waals surface area contributed by atoms with E-state index in [2.05, 4.69) is 28.6 Å². The van der Waals surface area contributed by atoms with Crippen molar-refractivity contribution in [1.82, 2.24) is 9.21 Å². The van der Waals surface area contributed by atoms with Crippen LogP contribution in [0.2, 0.25) is 5.02 Å². The number of phenols is 1. The lowest BCUT2D eigenvalue weighted by molar-refractivity contribution is -0.119. The average Bonchev–Trinajstić information content (AvgIpc) is 3.11. The molecule has 3 fully saturated rings. The molecule has 0 unspecified atom stereocenters. The third kappa shape index (κ3) is 14.4. The van der Waals surface area contributed by atoms with E-state index in [-0.39, 0.29) is 5.75 Å². The quantitative estimate of drug-likeness (QED) is 0.193. The molecular formula is C38H54ClN3O3S. The van der Waals surface area contributed by atoms with Gasteiger partial charge in [0.2, 0.25) is 6.41 Å². The largest absolute Gasteiger partial charge is 0.508 e. The van der Waals surface area contributed by atoms with Crippen molar-refractivity contribution in [1.29, 1.82) is 0 Å². The first-order chi connectivity index (χ1) is 22.5. The van der Waals surface area contributed by atoms with Crippen molar-refractivity contribution in [2.24, 2.45) is 11.7 Å². The number of likely N-dealkylation sites (tertiary alicyclic amines) is 1. The van der Waals surface area contributed by atoms with Crippen LogP contribution in [0.4, 0.5) is 0 Å². The van der Waals surface area contributed by atoms with Gasteiger partial charge in [-0.1, -0.05) is 75.4 Å². The van der Waals surface area contributed by atoms with Gasteiger partial charge >= 0.3 is 0 Å². The molecule has 3 aromatic carbocycles. The maximum atomic E-state index is 10.2. The van der Waals surface area contributed by atoms with E-state index in [0.717, 1.165) is 66.8 Å². The SMILES string of the molecule is CC.NC1CCN(C=O)CC1.Oc1ccc(-c2ccc(Cl)cc2)cc1.c1cc(SN2CCCCC2)ccc1OCC1CCCCC1. The third-order valence-electron chi connectivity index (χ3n) is 8.35. The minimum atomic E-state index is 0.280. The lowest BCUT2D eigenvalue weighted by atomic mass is 9.90. The Morgan fingerprint density at radius 3 is 1.89 bits per heavy atom. The first kappa shape index (κ1) is 37.7. The standard InChI is InChI=1S/C18H27NOS.C12H9ClO.C6H12N2O.C2H6/c1-3-7-16(8-4-1)15-20-17-9-11-18(12-10-17)21-19-13-5-2-6-14-19;13-11-5-1-9(2-6-11)10-3-7-12(14)8-4-10;7-6-1-3-8(5-9)4-2-6;1-2/h9-12,16H,1-8,13-15H2;1-8,14H;5-6H,1-4,7H2;1-2H3. The maximum absolute atomic E-state index is 10.2. The topological polar surface area (TPSA) is 79.0 Å². The fourth-order valence-corrected chi connectivity index (χ4v) is 6.71. The Bertz CT molecular complexity index is 1160. The van der Waals surface area contributed by atoms with Crippen LogP contribution in [0, 0.1) is 5.92 Å². The van der Waals surface area contributed by atoms with Crippen molar-refractivity contribution in [2.75, 3.05) is 32.8 Å². The number of piperidine rings is 2. The Kier molecular flexibility index (Phi) is 18.0. The Balaban J connectivity index is 0.000000199. The summed E-state index contributed by atoms with van der Waals surface area (Å²) in [5.41, 5.74) is 7.77. The molecule has 3 aromatic rings. The number of carbonyl (C=O) groups excluding carboxylic acids is 1. The second kappa shape index (κ2) is 22.0. The number of carbonyl (C=O) groups is 1. The van der Waals surface area contributed by atoms with Gasteiger partial charge in [0.05, 0.1) is 6.61 Å². The van der Waals surface area contributed by atoms with Crippen LogP contribution in [-0.2, 0) is 4.79 Å².